The Morgan fingerprint density at radius 2 is 1.76 bits per heavy atom. The highest BCUT2D eigenvalue weighted by Gasteiger charge is 2.20. The van der Waals surface area contributed by atoms with Gasteiger partial charge in [-0.15, -0.1) is 0 Å². The van der Waals surface area contributed by atoms with Gasteiger partial charge in [0.1, 0.15) is 5.75 Å². The van der Waals surface area contributed by atoms with Crippen molar-refractivity contribution in [2.24, 2.45) is 10.9 Å². The molecule has 0 spiro atoms. The number of amides is 1. The lowest BCUT2D eigenvalue weighted by atomic mass is 10.2. The Morgan fingerprint density at radius 3 is 2.44 bits per heavy atom. The van der Waals surface area contributed by atoms with Gasteiger partial charge in [0.2, 0.25) is 15.9 Å². The van der Waals surface area contributed by atoms with Crippen LogP contribution in [0, 0.1) is 0 Å². The van der Waals surface area contributed by atoms with E-state index in [-0.39, 0.29) is 17.3 Å². The lowest BCUT2D eigenvalue weighted by molar-refractivity contribution is -0.125. The number of carbonyl (C=O) groups is 1. The molecular formula is C23H25N5O5S. The van der Waals surface area contributed by atoms with Crippen LogP contribution < -0.4 is 15.8 Å². The van der Waals surface area contributed by atoms with Crippen LogP contribution in [-0.4, -0.2) is 50.2 Å². The lowest BCUT2D eigenvalue weighted by Gasteiger charge is -2.15. The molecule has 0 fully saturated rings. The normalized spacial score (nSPS) is 11.8. The minimum atomic E-state index is -3.64. The number of hydrogen-bond acceptors (Lipinski definition) is 7. The van der Waals surface area contributed by atoms with Gasteiger partial charge in [-0.05, 0) is 29.8 Å². The van der Waals surface area contributed by atoms with Crippen LogP contribution in [0.15, 0.2) is 83.0 Å². The highest BCUT2D eigenvalue weighted by atomic mass is 32.2. The minimum absolute atomic E-state index is 0.0113. The molecule has 0 saturated heterocycles. The van der Waals surface area contributed by atoms with E-state index < -0.39 is 22.5 Å². The maximum absolute atomic E-state index is 12.4. The molecule has 2 aromatic carbocycles. The molecule has 11 heteroatoms. The maximum atomic E-state index is 12.4. The Labute approximate surface area is 198 Å². The van der Waals surface area contributed by atoms with E-state index >= 15 is 0 Å². The molecule has 0 saturated carbocycles. The number of nitrogens with one attached hydrogen (secondary N) is 1. The van der Waals surface area contributed by atoms with Gasteiger partial charge in [0.05, 0.1) is 4.90 Å². The number of sulfonamides is 1. The summed E-state index contributed by atoms with van der Waals surface area (Å²) in [5.41, 5.74) is 6.83. The predicted octanol–water partition coefficient (Wildman–Crippen LogP) is 2.08. The lowest BCUT2D eigenvalue weighted by Crippen LogP contribution is -2.29. The van der Waals surface area contributed by atoms with Crippen LogP contribution in [0.25, 0.3) is 0 Å². The van der Waals surface area contributed by atoms with Crippen LogP contribution in [0.5, 0.6) is 11.6 Å². The molecule has 3 aromatic rings. The smallest absolute Gasteiger partial charge is 0.261 e. The molecular weight excluding hydrogens is 458 g/mol. The first kappa shape index (κ1) is 24.7. The average Bonchev–Trinajstić information content (AvgIpc) is 2.84. The number of para-hydroxylation sites is 1. The van der Waals surface area contributed by atoms with E-state index in [1.54, 1.807) is 30.3 Å². The Hall–Kier alpha value is -3.96. The molecule has 0 aliphatic heterocycles. The number of carbonyl (C=O) groups excluding carboxylic acids is 1. The van der Waals surface area contributed by atoms with Crippen LogP contribution in [0.1, 0.15) is 11.1 Å². The number of nitrogens with zero attached hydrogens (tertiary/aromatic N) is 3. The van der Waals surface area contributed by atoms with Gasteiger partial charge >= 0.3 is 0 Å². The first-order chi connectivity index (χ1) is 16.3. The molecule has 1 aromatic heterocycles. The second kappa shape index (κ2) is 11.3. The summed E-state index contributed by atoms with van der Waals surface area (Å²) in [6.45, 7) is -0.386. The van der Waals surface area contributed by atoms with Crippen molar-refractivity contribution in [3.05, 3.63) is 84.1 Å². The van der Waals surface area contributed by atoms with E-state index in [1.807, 2.05) is 30.3 Å². The zero-order chi connectivity index (χ0) is 24.6. The number of oxime groups is 1. The molecule has 0 bridgehead atoms. The van der Waals surface area contributed by atoms with Crippen molar-refractivity contribution in [3.63, 3.8) is 0 Å². The summed E-state index contributed by atoms with van der Waals surface area (Å²) in [5.74, 6) is 0.590. The standard InChI is InChI=1S/C23H25N5O5S/c1-28(2)34(30,31)20-11-7-6-8-17(20)14-25-21(29)16-32-27-23(24)18-12-13-22(26-15-18)33-19-9-4-3-5-10-19/h3-13,15H,14,16H2,1-2H3,(H2,24,27)(H,25,29). The fourth-order valence-corrected chi connectivity index (χ4v) is 3.87. The van der Waals surface area contributed by atoms with Crippen molar-refractivity contribution < 1.29 is 22.8 Å². The number of pyridine rings is 1. The monoisotopic (exact) mass is 483 g/mol. The van der Waals surface area contributed by atoms with Crippen LogP contribution in [-0.2, 0) is 26.2 Å². The first-order valence-corrected chi connectivity index (χ1v) is 11.6. The number of rotatable bonds is 10. The number of benzene rings is 2. The Kier molecular flexibility index (Phi) is 8.17. The van der Waals surface area contributed by atoms with Gasteiger partial charge < -0.3 is 20.6 Å². The Bertz CT molecular complexity index is 1250. The summed E-state index contributed by atoms with van der Waals surface area (Å²) in [5, 5.41) is 6.34. The number of hydrogen-bond donors (Lipinski definition) is 2. The molecule has 0 unspecified atom stereocenters. The van der Waals surface area contributed by atoms with E-state index in [1.165, 1.54) is 26.4 Å². The van der Waals surface area contributed by atoms with E-state index in [0.29, 0.717) is 22.8 Å². The second-order valence-electron chi connectivity index (χ2n) is 7.22. The summed E-state index contributed by atoms with van der Waals surface area (Å²) in [6, 6.07) is 18.9. The van der Waals surface area contributed by atoms with Gasteiger partial charge in [-0.25, -0.2) is 17.7 Å². The van der Waals surface area contributed by atoms with Crippen LogP contribution in [0.3, 0.4) is 0 Å². The first-order valence-electron chi connectivity index (χ1n) is 10.2. The Balaban J connectivity index is 1.51. The topological polar surface area (TPSA) is 136 Å². The summed E-state index contributed by atoms with van der Waals surface area (Å²) in [4.78, 5) is 21.4. The zero-order valence-electron chi connectivity index (χ0n) is 18.7. The molecule has 34 heavy (non-hydrogen) atoms. The van der Waals surface area contributed by atoms with Crippen LogP contribution in [0.2, 0.25) is 0 Å². The van der Waals surface area contributed by atoms with Crippen molar-refractivity contribution in [1.29, 1.82) is 0 Å². The third-order valence-electron chi connectivity index (χ3n) is 4.56. The average molecular weight is 484 g/mol. The van der Waals surface area contributed by atoms with Gasteiger partial charge in [0, 0.05) is 38.5 Å². The number of aromatic nitrogens is 1. The third-order valence-corrected chi connectivity index (χ3v) is 6.48. The molecule has 3 rings (SSSR count). The molecule has 0 radical (unpaired) electrons. The summed E-state index contributed by atoms with van der Waals surface area (Å²) in [7, 11) is -0.748. The van der Waals surface area contributed by atoms with Crippen molar-refractivity contribution in [2.75, 3.05) is 20.7 Å². The van der Waals surface area contributed by atoms with Crippen molar-refractivity contribution >= 4 is 21.8 Å². The van der Waals surface area contributed by atoms with Crippen LogP contribution >= 0.6 is 0 Å². The molecule has 3 N–H and O–H groups in total. The molecule has 1 amide bonds. The maximum Gasteiger partial charge on any atom is 0.261 e. The third kappa shape index (κ3) is 6.53. The van der Waals surface area contributed by atoms with Gasteiger partial charge in [-0.3, -0.25) is 4.79 Å². The van der Waals surface area contributed by atoms with Gasteiger partial charge in [0.25, 0.3) is 5.91 Å². The fourth-order valence-electron chi connectivity index (χ4n) is 2.76. The predicted molar refractivity (Wildman–Crippen MR) is 127 cm³/mol. The number of nitrogens with two attached hydrogens (primary N) is 1. The summed E-state index contributed by atoms with van der Waals surface area (Å²) < 4.78 is 31.6. The highest BCUT2D eigenvalue weighted by Crippen LogP contribution is 2.19. The van der Waals surface area contributed by atoms with E-state index in [0.717, 1.165) is 4.31 Å². The fraction of sp³-hybridized carbons (Fsp3) is 0.174. The van der Waals surface area contributed by atoms with Crippen molar-refractivity contribution in [3.8, 4) is 11.6 Å². The van der Waals surface area contributed by atoms with E-state index in [4.69, 9.17) is 15.3 Å². The number of amidine groups is 1. The minimum Gasteiger partial charge on any atom is -0.439 e. The van der Waals surface area contributed by atoms with Crippen molar-refractivity contribution in [1.82, 2.24) is 14.6 Å². The van der Waals surface area contributed by atoms with E-state index in [2.05, 4.69) is 15.5 Å². The van der Waals surface area contributed by atoms with Gasteiger partial charge in [0.15, 0.2) is 12.4 Å². The summed E-state index contributed by atoms with van der Waals surface area (Å²) in [6.07, 6.45) is 1.47. The Morgan fingerprint density at radius 1 is 1.06 bits per heavy atom. The van der Waals surface area contributed by atoms with E-state index in [9.17, 15) is 13.2 Å². The number of ether oxygens (including phenoxy) is 1. The SMILES string of the molecule is CN(C)S(=O)(=O)c1ccccc1CNC(=O)CO/N=C(/N)c1ccc(Oc2ccccc2)nc1. The van der Waals surface area contributed by atoms with Crippen LogP contribution in [0.4, 0.5) is 0 Å². The molecule has 0 aliphatic rings. The highest BCUT2D eigenvalue weighted by molar-refractivity contribution is 7.89. The second-order valence-corrected chi connectivity index (χ2v) is 9.34. The molecule has 178 valence electrons. The molecule has 10 nitrogen and oxygen atoms in total. The quantitative estimate of drug-likeness (QED) is 0.256. The molecule has 0 atom stereocenters. The van der Waals surface area contributed by atoms with Gasteiger partial charge in [-0.2, -0.15) is 0 Å². The summed E-state index contributed by atoms with van der Waals surface area (Å²) >= 11 is 0. The van der Waals surface area contributed by atoms with Gasteiger partial charge in [-0.1, -0.05) is 41.6 Å². The molecule has 1 heterocycles. The van der Waals surface area contributed by atoms with Crippen molar-refractivity contribution in [2.45, 2.75) is 11.4 Å². The zero-order valence-corrected chi connectivity index (χ0v) is 19.5. The molecule has 0 aliphatic carbocycles. The largest absolute Gasteiger partial charge is 0.439 e.